The fraction of sp³-hybridized carbons (Fsp3) is 0.750. The molecule has 1 aliphatic rings. The molecule has 0 aromatic carbocycles. The van der Waals surface area contributed by atoms with E-state index in [0.29, 0.717) is 18.6 Å². The standard InChI is InChI=1S/C12H18N4O2S2/c1-16-11(8-10-4-7-20(17,18)9-10)14-15-12(16)19-6-3-2-5-13/h10H,2-4,6-9H2,1H3/t10-/m0/s1. The lowest BCUT2D eigenvalue weighted by atomic mass is 10.1. The van der Waals surface area contributed by atoms with Gasteiger partial charge < -0.3 is 4.57 Å². The Kier molecular flexibility index (Phi) is 5.05. The molecule has 0 aliphatic carbocycles. The first-order valence-corrected chi connectivity index (χ1v) is 9.41. The fourth-order valence-electron chi connectivity index (χ4n) is 2.25. The van der Waals surface area contributed by atoms with Crippen LogP contribution in [0.5, 0.6) is 0 Å². The van der Waals surface area contributed by atoms with Crippen LogP contribution in [0.2, 0.25) is 0 Å². The summed E-state index contributed by atoms with van der Waals surface area (Å²) < 4.78 is 24.8. The summed E-state index contributed by atoms with van der Waals surface area (Å²) in [6, 6.07) is 2.12. The van der Waals surface area contributed by atoms with Crippen LogP contribution in [0.15, 0.2) is 5.16 Å². The van der Waals surface area contributed by atoms with E-state index in [1.807, 2.05) is 11.6 Å². The van der Waals surface area contributed by atoms with Crippen molar-refractivity contribution in [2.45, 2.75) is 30.8 Å². The van der Waals surface area contributed by atoms with Gasteiger partial charge >= 0.3 is 0 Å². The van der Waals surface area contributed by atoms with Crippen LogP contribution in [0.1, 0.15) is 25.1 Å². The third-order valence-corrected chi connectivity index (χ3v) is 6.33. The average molecular weight is 314 g/mol. The van der Waals surface area contributed by atoms with E-state index in [4.69, 9.17) is 5.26 Å². The molecular weight excluding hydrogens is 296 g/mol. The van der Waals surface area contributed by atoms with E-state index in [2.05, 4.69) is 16.3 Å². The molecular formula is C12H18N4O2S2. The topological polar surface area (TPSA) is 88.6 Å². The van der Waals surface area contributed by atoms with E-state index in [1.54, 1.807) is 11.8 Å². The number of nitrogens with zero attached hydrogens (tertiary/aromatic N) is 4. The Morgan fingerprint density at radius 2 is 2.30 bits per heavy atom. The van der Waals surface area contributed by atoms with Gasteiger partial charge in [-0.1, -0.05) is 11.8 Å². The van der Waals surface area contributed by atoms with Crippen LogP contribution in [-0.2, 0) is 23.3 Å². The molecule has 6 nitrogen and oxygen atoms in total. The van der Waals surface area contributed by atoms with Crippen LogP contribution < -0.4 is 0 Å². The predicted molar refractivity (Wildman–Crippen MR) is 77.0 cm³/mol. The van der Waals surface area contributed by atoms with Crippen LogP contribution >= 0.6 is 11.8 Å². The highest BCUT2D eigenvalue weighted by Crippen LogP contribution is 2.24. The first-order chi connectivity index (χ1) is 9.52. The van der Waals surface area contributed by atoms with Gasteiger partial charge in [0.15, 0.2) is 15.0 Å². The van der Waals surface area contributed by atoms with Gasteiger partial charge in [0, 0.05) is 25.6 Å². The highest BCUT2D eigenvalue weighted by Gasteiger charge is 2.29. The van der Waals surface area contributed by atoms with E-state index in [-0.39, 0.29) is 11.7 Å². The van der Waals surface area contributed by atoms with Gasteiger partial charge in [0.2, 0.25) is 0 Å². The lowest BCUT2D eigenvalue weighted by Gasteiger charge is -2.07. The number of sulfone groups is 1. The van der Waals surface area contributed by atoms with Crippen molar-refractivity contribution in [3.8, 4) is 6.07 Å². The van der Waals surface area contributed by atoms with Gasteiger partial charge in [-0.15, -0.1) is 10.2 Å². The van der Waals surface area contributed by atoms with Gasteiger partial charge in [0.1, 0.15) is 5.82 Å². The molecule has 0 bridgehead atoms. The second-order valence-corrected chi connectivity index (χ2v) is 8.33. The summed E-state index contributed by atoms with van der Waals surface area (Å²) in [4.78, 5) is 0. The molecule has 0 saturated carbocycles. The summed E-state index contributed by atoms with van der Waals surface area (Å²) in [7, 11) is -0.927. The molecule has 8 heteroatoms. The zero-order chi connectivity index (χ0) is 14.6. The molecule has 110 valence electrons. The molecule has 1 aromatic rings. The Labute approximate surface area is 123 Å². The molecule has 2 rings (SSSR count). The van der Waals surface area contributed by atoms with E-state index in [9.17, 15) is 8.42 Å². The molecule has 0 amide bonds. The number of hydrogen-bond donors (Lipinski definition) is 0. The zero-order valence-electron chi connectivity index (χ0n) is 11.4. The summed E-state index contributed by atoms with van der Waals surface area (Å²) in [6.07, 6.45) is 2.78. The Balaban J connectivity index is 1.90. The molecule has 1 aromatic heterocycles. The summed E-state index contributed by atoms with van der Waals surface area (Å²) in [5, 5.41) is 17.6. The van der Waals surface area contributed by atoms with E-state index < -0.39 is 9.84 Å². The Morgan fingerprint density at radius 3 is 2.95 bits per heavy atom. The maximum atomic E-state index is 11.5. The molecule has 0 unspecified atom stereocenters. The number of thioether (sulfide) groups is 1. The van der Waals surface area contributed by atoms with Crippen molar-refractivity contribution in [2.75, 3.05) is 17.3 Å². The zero-order valence-corrected chi connectivity index (χ0v) is 13.1. The smallest absolute Gasteiger partial charge is 0.190 e. The predicted octanol–water partition coefficient (Wildman–Crippen LogP) is 1.19. The molecule has 0 spiro atoms. The maximum absolute atomic E-state index is 11.5. The van der Waals surface area contributed by atoms with Crippen LogP contribution in [-0.4, -0.2) is 40.4 Å². The van der Waals surface area contributed by atoms with Crippen molar-refractivity contribution in [1.82, 2.24) is 14.8 Å². The number of hydrogen-bond acceptors (Lipinski definition) is 6. The normalized spacial score (nSPS) is 20.9. The van der Waals surface area contributed by atoms with Crippen molar-refractivity contribution in [2.24, 2.45) is 13.0 Å². The van der Waals surface area contributed by atoms with Gasteiger partial charge in [0.25, 0.3) is 0 Å². The summed E-state index contributed by atoms with van der Waals surface area (Å²) in [6.45, 7) is 0. The number of unbranched alkanes of at least 4 members (excludes halogenated alkanes) is 1. The minimum atomic E-state index is -2.84. The van der Waals surface area contributed by atoms with Gasteiger partial charge in [-0.25, -0.2) is 8.42 Å². The largest absolute Gasteiger partial charge is 0.309 e. The highest BCUT2D eigenvalue weighted by atomic mass is 32.2. The second-order valence-electron chi connectivity index (χ2n) is 5.04. The van der Waals surface area contributed by atoms with Crippen molar-refractivity contribution >= 4 is 21.6 Å². The molecule has 0 radical (unpaired) electrons. The first kappa shape index (κ1) is 15.3. The Bertz CT molecular complexity index is 603. The quantitative estimate of drug-likeness (QED) is 0.579. The Hall–Kier alpha value is -1.07. The number of rotatable bonds is 6. The van der Waals surface area contributed by atoms with Crippen molar-refractivity contribution in [3.05, 3.63) is 5.82 Å². The molecule has 1 fully saturated rings. The van der Waals surface area contributed by atoms with Crippen molar-refractivity contribution in [1.29, 1.82) is 5.26 Å². The molecule has 1 atom stereocenters. The van der Waals surface area contributed by atoms with E-state index in [0.717, 1.165) is 29.6 Å². The van der Waals surface area contributed by atoms with E-state index >= 15 is 0 Å². The lowest BCUT2D eigenvalue weighted by Crippen LogP contribution is -2.11. The molecule has 1 aliphatic heterocycles. The number of aromatic nitrogens is 3. The van der Waals surface area contributed by atoms with E-state index in [1.165, 1.54) is 0 Å². The molecule has 0 N–H and O–H groups in total. The van der Waals surface area contributed by atoms with Gasteiger partial charge in [-0.2, -0.15) is 5.26 Å². The fourth-order valence-corrected chi connectivity index (χ4v) is 4.99. The SMILES string of the molecule is Cn1c(C[C@@H]2CCS(=O)(=O)C2)nnc1SCCCC#N. The van der Waals surface area contributed by atoms with Gasteiger partial charge in [-0.05, 0) is 18.8 Å². The maximum Gasteiger partial charge on any atom is 0.190 e. The van der Waals surface area contributed by atoms with Crippen LogP contribution in [0.4, 0.5) is 0 Å². The summed E-state index contributed by atoms with van der Waals surface area (Å²) in [5.41, 5.74) is 0. The molecule has 20 heavy (non-hydrogen) atoms. The average Bonchev–Trinajstić information content (AvgIpc) is 2.91. The minimum absolute atomic E-state index is 0.166. The molecule has 1 saturated heterocycles. The monoisotopic (exact) mass is 314 g/mol. The van der Waals surface area contributed by atoms with Crippen LogP contribution in [0.3, 0.4) is 0 Å². The summed E-state index contributed by atoms with van der Waals surface area (Å²) >= 11 is 1.59. The van der Waals surface area contributed by atoms with Crippen molar-refractivity contribution in [3.63, 3.8) is 0 Å². The highest BCUT2D eigenvalue weighted by molar-refractivity contribution is 7.99. The van der Waals surface area contributed by atoms with Crippen LogP contribution in [0, 0.1) is 17.2 Å². The second kappa shape index (κ2) is 6.59. The van der Waals surface area contributed by atoms with Crippen molar-refractivity contribution < 1.29 is 8.42 Å². The number of nitriles is 1. The molecule has 2 heterocycles. The minimum Gasteiger partial charge on any atom is -0.309 e. The lowest BCUT2D eigenvalue weighted by molar-refractivity contribution is 0.552. The first-order valence-electron chi connectivity index (χ1n) is 6.60. The van der Waals surface area contributed by atoms with Gasteiger partial charge in [0.05, 0.1) is 17.6 Å². The van der Waals surface area contributed by atoms with Crippen LogP contribution in [0.25, 0.3) is 0 Å². The third-order valence-electron chi connectivity index (χ3n) is 3.39. The summed E-state index contributed by atoms with van der Waals surface area (Å²) in [5.74, 6) is 2.42. The van der Waals surface area contributed by atoms with Gasteiger partial charge in [-0.3, -0.25) is 0 Å². The Morgan fingerprint density at radius 1 is 1.50 bits per heavy atom. The third kappa shape index (κ3) is 3.96.